The minimum Gasteiger partial charge on any atom is -0.353 e. The van der Waals surface area contributed by atoms with Gasteiger partial charge in [-0.15, -0.1) is 10.2 Å². The Morgan fingerprint density at radius 3 is 2.58 bits per heavy atom. The molecule has 100 valence electrons. The lowest BCUT2D eigenvalue weighted by molar-refractivity contribution is 0.300. The molecule has 0 radical (unpaired) electrons. The molecule has 0 amide bonds. The number of para-hydroxylation sites is 1. The van der Waals surface area contributed by atoms with Crippen LogP contribution in [0.15, 0.2) is 24.3 Å². The van der Waals surface area contributed by atoms with Gasteiger partial charge in [-0.05, 0) is 36.8 Å². The van der Waals surface area contributed by atoms with E-state index in [-0.39, 0.29) is 0 Å². The van der Waals surface area contributed by atoms with E-state index in [2.05, 4.69) is 27.4 Å². The molecule has 0 spiro atoms. The summed E-state index contributed by atoms with van der Waals surface area (Å²) < 4.78 is 0. The smallest absolute Gasteiger partial charge is 0.243 e. The van der Waals surface area contributed by atoms with Crippen molar-refractivity contribution in [2.45, 2.75) is 32.6 Å². The van der Waals surface area contributed by atoms with Gasteiger partial charge in [-0.25, -0.2) is 4.98 Å². The molecule has 4 heteroatoms. The third kappa shape index (κ3) is 3.00. The number of hydrogen-bond acceptors (Lipinski definition) is 4. The number of hydrogen-bond donors (Lipinski definition) is 1. The second-order valence-corrected chi connectivity index (χ2v) is 5.63. The van der Waals surface area contributed by atoms with Crippen LogP contribution in [0.2, 0.25) is 0 Å². The molecule has 19 heavy (non-hydrogen) atoms. The number of anilines is 1. The first-order valence-electron chi connectivity index (χ1n) is 7.14. The van der Waals surface area contributed by atoms with Crippen molar-refractivity contribution in [1.82, 2.24) is 15.2 Å². The van der Waals surface area contributed by atoms with Crippen molar-refractivity contribution in [3.8, 4) is 0 Å². The molecule has 1 aliphatic carbocycles. The molecule has 0 saturated heterocycles. The molecular weight excluding hydrogens is 236 g/mol. The van der Waals surface area contributed by atoms with E-state index in [9.17, 15) is 0 Å². The summed E-state index contributed by atoms with van der Waals surface area (Å²) in [5.41, 5.74) is 1.75. The molecule has 3 rings (SSSR count). The summed E-state index contributed by atoms with van der Waals surface area (Å²) in [6.07, 6.45) is 5.33. The monoisotopic (exact) mass is 256 g/mol. The number of benzene rings is 1. The van der Waals surface area contributed by atoms with Crippen molar-refractivity contribution >= 4 is 17.0 Å². The lowest BCUT2D eigenvalue weighted by atomic mass is 9.83. The summed E-state index contributed by atoms with van der Waals surface area (Å²) in [6, 6.07) is 7.83. The number of rotatable bonds is 3. The van der Waals surface area contributed by atoms with E-state index in [1.54, 1.807) is 0 Å². The van der Waals surface area contributed by atoms with E-state index in [1.807, 2.05) is 24.3 Å². The Bertz CT molecular complexity index is 547. The van der Waals surface area contributed by atoms with Crippen molar-refractivity contribution < 1.29 is 0 Å². The molecule has 0 atom stereocenters. The summed E-state index contributed by atoms with van der Waals surface area (Å²) in [7, 11) is 0. The van der Waals surface area contributed by atoms with Gasteiger partial charge >= 0.3 is 0 Å². The van der Waals surface area contributed by atoms with Crippen molar-refractivity contribution in [2.24, 2.45) is 11.8 Å². The molecule has 1 aromatic carbocycles. The van der Waals surface area contributed by atoms with Crippen LogP contribution in [0.1, 0.15) is 32.6 Å². The Labute approximate surface area is 113 Å². The minimum absolute atomic E-state index is 0.650. The van der Waals surface area contributed by atoms with Gasteiger partial charge in [0.1, 0.15) is 5.52 Å². The average molecular weight is 256 g/mol. The number of aromatic nitrogens is 3. The van der Waals surface area contributed by atoms with Crippen LogP contribution in [0.3, 0.4) is 0 Å². The maximum Gasteiger partial charge on any atom is 0.243 e. The quantitative estimate of drug-likeness (QED) is 0.915. The van der Waals surface area contributed by atoms with Gasteiger partial charge in [-0.2, -0.15) is 0 Å². The van der Waals surface area contributed by atoms with Crippen LogP contribution in [-0.2, 0) is 0 Å². The molecular formula is C15H20N4. The van der Waals surface area contributed by atoms with E-state index in [0.717, 1.165) is 29.4 Å². The standard InChI is InChI=1S/C15H20N4/c1-11-6-8-12(9-7-11)10-16-15-17-13-4-2-3-5-14(13)18-19-15/h2-5,11-12H,6-10H2,1H3,(H,16,17,19). The second kappa shape index (κ2) is 5.51. The normalized spacial score (nSPS) is 23.4. The third-order valence-corrected chi connectivity index (χ3v) is 4.04. The lowest BCUT2D eigenvalue weighted by Crippen LogP contribution is -2.21. The Hall–Kier alpha value is -1.71. The fourth-order valence-corrected chi connectivity index (χ4v) is 2.72. The predicted molar refractivity (Wildman–Crippen MR) is 76.9 cm³/mol. The Kier molecular flexibility index (Phi) is 3.58. The molecule has 2 aromatic rings. The van der Waals surface area contributed by atoms with E-state index in [0.29, 0.717) is 5.95 Å². The maximum atomic E-state index is 4.49. The third-order valence-electron chi connectivity index (χ3n) is 4.04. The molecule has 1 N–H and O–H groups in total. The summed E-state index contributed by atoms with van der Waals surface area (Å²) in [6.45, 7) is 3.31. The van der Waals surface area contributed by atoms with Gasteiger partial charge < -0.3 is 5.32 Å². The Morgan fingerprint density at radius 1 is 1.05 bits per heavy atom. The van der Waals surface area contributed by atoms with Crippen LogP contribution in [0.25, 0.3) is 11.0 Å². The fraction of sp³-hybridized carbons (Fsp3) is 0.533. The van der Waals surface area contributed by atoms with Crippen molar-refractivity contribution in [2.75, 3.05) is 11.9 Å². The van der Waals surface area contributed by atoms with E-state index in [1.165, 1.54) is 25.7 Å². The number of fused-ring (bicyclic) bond motifs is 1. The summed E-state index contributed by atoms with van der Waals surface area (Å²) in [4.78, 5) is 4.49. The van der Waals surface area contributed by atoms with Crippen LogP contribution < -0.4 is 5.32 Å². The first-order valence-corrected chi connectivity index (χ1v) is 7.14. The molecule has 1 aliphatic rings. The van der Waals surface area contributed by atoms with Crippen LogP contribution in [0.5, 0.6) is 0 Å². The fourth-order valence-electron chi connectivity index (χ4n) is 2.72. The van der Waals surface area contributed by atoms with Gasteiger partial charge in [-0.3, -0.25) is 0 Å². The van der Waals surface area contributed by atoms with Gasteiger partial charge in [0.2, 0.25) is 5.95 Å². The van der Waals surface area contributed by atoms with Crippen molar-refractivity contribution in [3.63, 3.8) is 0 Å². The minimum atomic E-state index is 0.650. The molecule has 0 aliphatic heterocycles. The topological polar surface area (TPSA) is 50.7 Å². The van der Waals surface area contributed by atoms with Crippen molar-refractivity contribution in [3.05, 3.63) is 24.3 Å². The van der Waals surface area contributed by atoms with Crippen LogP contribution in [-0.4, -0.2) is 21.7 Å². The molecule has 0 bridgehead atoms. The van der Waals surface area contributed by atoms with Gasteiger partial charge in [-0.1, -0.05) is 31.9 Å². The first-order chi connectivity index (χ1) is 9.31. The molecule has 1 fully saturated rings. The zero-order valence-corrected chi connectivity index (χ0v) is 11.3. The highest BCUT2D eigenvalue weighted by Crippen LogP contribution is 2.28. The van der Waals surface area contributed by atoms with E-state index in [4.69, 9.17) is 0 Å². The van der Waals surface area contributed by atoms with E-state index < -0.39 is 0 Å². The van der Waals surface area contributed by atoms with Crippen LogP contribution in [0.4, 0.5) is 5.95 Å². The second-order valence-electron chi connectivity index (χ2n) is 5.63. The highest BCUT2D eigenvalue weighted by atomic mass is 15.2. The zero-order valence-electron chi connectivity index (χ0n) is 11.3. The first kappa shape index (κ1) is 12.3. The largest absolute Gasteiger partial charge is 0.353 e. The molecule has 1 aromatic heterocycles. The summed E-state index contributed by atoms with van der Waals surface area (Å²) in [5, 5.41) is 11.7. The zero-order chi connectivity index (χ0) is 13.1. The SMILES string of the molecule is CC1CCC(CNc2nnc3ccccc3n2)CC1. The van der Waals surface area contributed by atoms with Gasteiger partial charge in [0.05, 0.1) is 5.52 Å². The molecule has 1 heterocycles. The van der Waals surface area contributed by atoms with Crippen molar-refractivity contribution in [1.29, 1.82) is 0 Å². The Balaban J connectivity index is 1.62. The highest BCUT2D eigenvalue weighted by Gasteiger charge is 2.18. The van der Waals surface area contributed by atoms with Gasteiger partial charge in [0.25, 0.3) is 0 Å². The van der Waals surface area contributed by atoms with Crippen LogP contribution >= 0.6 is 0 Å². The molecule has 1 saturated carbocycles. The number of nitrogens with one attached hydrogen (secondary N) is 1. The highest BCUT2D eigenvalue weighted by molar-refractivity contribution is 5.73. The molecule has 4 nitrogen and oxygen atoms in total. The lowest BCUT2D eigenvalue weighted by Gasteiger charge is -2.26. The molecule has 0 unspecified atom stereocenters. The van der Waals surface area contributed by atoms with Gasteiger partial charge in [0.15, 0.2) is 0 Å². The predicted octanol–water partition coefficient (Wildman–Crippen LogP) is 3.26. The summed E-state index contributed by atoms with van der Waals surface area (Å²) >= 11 is 0. The summed E-state index contributed by atoms with van der Waals surface area (Å²) in [5.74, 6) is 2.30. The average Bonchev–Trinajstić information content (AvgIpc) is 2.46. The Morgan fingerprint density at radius 2 is 1.79 bits per heavy atom. The van der Waals surface area contributed by atoms with E-state index >= 15 is 0 Å². The van der Waals surface area contributed by atoms with Crippen LogP contribution in [0, 0.1) is 11.8 Å². The maximum absolute atomic E-state index is 4.49. The number of nitrogens with zero attached hydrogens (tertiary/aromatic N) is 3. The van der Waals surface area contributed by atoms with Gasteiger partial charge in [0, 0.05) is 6.54 Å².